The first-order valence-electron chi connectivity index (χ1n) is 10.9. The first kappa shape index (κ1) is 20.9. The fourth-order valence-electron chi connectivity index (χ4n) is 4.18. The van der Waals surface area contributed by atoms with E-state index in [2.05, 4.69) is 10.3 Å². The number of nitrogens with one attached hydrogen (secondary N) is 1. The van der Waals surface area contributed by atoms with Gasteiger partial charge in [-0.25, -0.2) is 9.37 Å². The van der Waals surface area contributed by atoms with E-state index in [9.17, 15) is 14.0 Å². The molecule has 2 aromatic heterocycles. The summed E-state index contributed by atoms with van der Waals surface area (Å²) >= 11 is 0. The monoisotopic (exact) mass is 443 g/mol. The van der Waals surface area contributed by atoms with Crippen molar-refractivity contribution in [2.45, 2.75) is 18.9 Å². The standard InChI is InChI=1S/C26H22FN3O3/c27-18-9-7-17(8-10-18)23-16-21(20-4-1-2-5-22(20)29-23)25(31)28-19-11-13-30(14-12-19)26(32)24-6-3-15-33-24/h1-10,15-16,19H,11-14H2,(H,28,31). The molecule has 0 aliphatic carbocycles. The van der Waals surface area contributed by atoms with Gasteiger partial charge in [-0.05, 0) is 61.4 Å². The van der Waals surface area contributed by atoms with Crippen LogP contribution in [0.4, 0.5) is 4.39 Å². The van der Waals surface area contributed by atoms with Crippen molar-refractivity contribution in [1.29, 1.82) is 0 Å². The molecule has 2 amide bonds. The number of halogens is 1. The zero-order valence-electron chi connectivity index (χ0n) is 17.8. The van der Waals surface area contributed by atoms with E-state index in [-0.39, 0.29) is 23.7 Å². The molecule has 1 aliphatic rings. The summed E-state index contributed by atoms with van der Waals surface area (Å²) < 4.78 is 18.6. The maximum absolute atomic E-state index is 13.4. The van der Waals surface area contributed by atoms with Crippen LogP contribution in [0.3, 0.4) is 0 Å². The molecule has 3 heterocycles. The van der Waals surface area contributed by atoms with Crippen molar-refractivity contribution in [3.8, 4) is 11.3 Å². The zero-order valence-corrected chi connectivity index (χ0v) is 17.8. The molecule has 7 heteroatoms. The fourth-order valence-corrected chi connectivity index (χ4v) is 4.18. The Balaban J connectivity index is 1.34. The third-order valence-corrected chi connectivity index (χ3v) is 5.95. The number of furan rings is 1. The minimum atomic E-state index is -0.325. The molecule has 0 saturated carbocycles. The lowest BCUT2D eigenvalue weighted by atomic mass is 10.0. The number of benzene rings is 2. The number of nitrogens with zero attached hydrogens (tertiary/aromatic N) is 2. The highest BCUT2D eigenvalue weighted by atomic mass is 19.1. The molecule has 0 atom stereocenters. The van der Waals surface area contributed by atoms with Crippen LogP contribution in [0.15, 0.2) is 77.4 Å². The number of carbonyl (C=O) groups excluding carboxylic acids is 2. The van der Waals surface area contributed by atoms with Crippen LogP contribution in [0.5, 0.6) is 0 Å². The number of para-hydroxylation sites is 1. The molecule has 4 aromatic rings. The minimum absolute atomic E-state index is 0.0423. The van der Waals surface area contributed by atoms with E-state index in [1.54, 1.807) is 35.2 Å². The van der Waals surface area contributed by atoms with Gasteiger partial charge in [-0.15, -0.1) is 0 Å². The third kappa shape index (κ3) is 4.35. The van der Waals surface area contributed by atoms with Gasteiger partial charge in [0.25, 0.3) is 11.8 Å². The van der Waals surface area contributed by atoms with Crippen LogP contribution in [-0.2, 0) is 0 Å². The largest absolute Gasteiger partial charge is 0.459 e. The molecule has 166 valence electrons. The summed E-state index contributed by atoms with van der Waals surface area (Å²) in [5.74, 6) is -0.315. The molecular formula is C26H22FN3O3. The lowest BCUT2D eigenvalue weighted by Crippen LogP contribution is -2.46. The lowest BCUT2D eigenvalue weighted by molar-refractivity contribution is 0.0667. The molecular weight excluding hydrogens is 421 g/mol. The van der Waals surface area contributed by atoms with E-state index in [0.29, 0.717) is 48.5 Å². The summed E-state index contributed by atoms with van der Waals surface area (Å²) in [6.07, 6.45) is 2.80. The van der Waals surface area contributed by atoms with Crippen LogP contribution < -0.4 is 5.32 Å². The highest BCUT2D eigenvalue weighted by molar-refractivity contribution is 6.07. The molecule has 0 bridgehead atoms. The van der Waals surface area contributed by atoms with Crippen LogP contribution in [0.1, 0.15) is 33.8 Å². The second-order valence-electron chi connectivity index (χ2n) is 8.10. The number of carbonyl (C=O) groups is 2. The van der Waals surface area contributed by atoms with Gasteiger partial charge in [0.1, 0.15) is 5.82 Å². The molecule has 1 N–H and O–H groups in total. The summed E-state index contributed by atoms with van der Waals surface area (Å²) in [7, 11) is 0. The number of piperidine rings is 1. The SMILES string of the molecule is O=C(NC1CCN(C(=O)c2ccco2)CC1)c1cc(-c2ccc(F)cc2)nc2ccccc12. The maximum atomic E-state index is 13.4. The van der Waals surface area contributed by atoms with Crippen LogP contribution in [0.2, 0.25) is 0 Å². The number of hydrogen-bond acceptors (Lipinski definition) is 4. The summed E-state index contributed by atoms with van der Waals surface area (Å²) in [6.45, 7) is 1.09. The summed E-state index contributed by atoms with van der Waals surface area (Å²) in [5, 5.41) is 3.88. The van der Waals surface area contributed by atoms with Gasteiger partial charge in [-0.1, -0.05) is 18.2 Å². The molecule has 0 spiro atoms. The molecule has 2 aromatic carbocycles. The van der Waals surface area contributed by atoms with Gasteiger partial charge in [0, 0.05) is 30.1 Å². The van der Waals surface area contributed by atoms with Gasteiger partial charge in [0.05, 0.1) is 23.0 Å². The van der Waals surface area contributed by atoms with Gasteiger partial charge in [0.2, 0.25) is 0 Å². The smallest absolute Gasteiger partial charge is 0.289 e. The normalized spacial score (nSPS) is 14.4. The Morgan fingerprint density at radius 1 is 1.00 bits per heavy atom. The highest BCUT2D eigenvalue weighted by Crippen LogP contribution is 2.25. The number of fused-ring (bicyclic) bond motifs is 1. The molecule has 0 unspecified atom stereocenters. The Hall–Kier alpha value is -4.00. The maximum Gasteiger partial charge on any atom is 0.289 e. The molecule has 1 aliphatic heterocycles. The Bertz CT molecular complexity index is 1290. The van der Waals surface area contributed by atoms with E-state index < -0.39 is 0 Å². The Morgan fingerprint density at radius 3 is 2.48 bits per heavy atom. The number of hydrogen-bond donors (Lipinski definition) is 1. The predicted molar refractivity (Wildman–Crippen MR) is 122 cm³/mol. The summed E-state index contributed by atoms with van der Waals surface area (Å²) in [6, 6.07) is 18.6. The highest BCUT2D eigenvalue weighted by Gasteiger charge is 2.26. The molecule has 0 radical (unpaired) electrons. The zero-order chi connectivity index (χ0) is 22.8. The van der Waals surface area contributed by atoms with Crippen molar-refractivity contribution in [1.82, 2.24) is 15.2 Å². The molecule has 1 saturated heterocycles. The summed E-state index contributed by atoms with van der Waals surface area (Å²) in [5.41, 5.74) is 2.57. The van der Waals surface area contributed by atoms with Crippen LogP contribution >= 0.6 is 0 Å². The number of aromatic nitrogens is 1. The number of likely N-dealkylation sites (tertiary alicyclic amines) is 1. The van der Waals surface area contributed by atoms with Crippen molar-refractivity contribution in [2.75, 3.05) is 13.1 Å². The van der Waals surface area contributed by atoms with Gasteiger partial charge in [-0.3, -0.25) is 9.59 Å². The number of rotatable bonds is 4. The fraction of sp³-hybridized carbons (Fsp3) is 0.192. The molecule has 33 heavy (non-hydrogen) atoms. The van der Waals surface area contributed by atoms with Crippen LogP contribution in [0, 0.1) is 5.82 Å². The van der Waals surface area contributed by atoms with E-state index in [4.69, 9.17) is 4.42 Å². The van der Waals surface area contributed by atoms with Crippen molar-refractivity contribution in [3.05, 3.63) is 90.1 Å². The van der Waals surface area contributed by atoms with Crippen molar-refractivity contribution >= 4 is 22.7 Å². The predicted octanol–water partition coefficient (Wildman–Crippen LogP) is 4.67. The Morgan fingerprint density at radius 2 is 1.76 bits per heavy atom. The lowest BCUT2D eigenvalue weighted by Gasteiger charge is -2.32. The molecule has 5 rings (SSSR count). The van der Waals surface area contributed by atoms with E-state index in [1.807, 2.05) is 24.3 Å². The molecule has 1 fully saturated rings. The average molecular weight is 443 g/mol. The second kappa shape index (κ2) is 8.86. The van der Waals surface area contributed by atoms with Crippen molar-refractivity contribution < 1.29 is 18.4 Å². The van der Waals surface area contributed by atoms with Crippen LogP contribution in [0.25, 0.3) is 22.2 Å². The third-order valence-electron chi connectivity index (χ3n) is 5.95. The van der Waals surface area contributed by atoms with Crippen molar-refractivity contribution in [2.24, 2.45) is 0 Å². The van der Waals surface area contributed by atoms with Gasteiger partial charge in [0.15, 0.2) is 5.76 Å². The Kier molecular flexibility index (Phi) is 5.60. The van der Waals surface area contributed by atoms with Crippen molar-refractivity contribution in [3.63, 3.8) is 0 Å². The number of pyridine rings is 1. The molecule has 6 nitrogen and oxygen atoms in total. The van der Waals surface area contributed by atoms with Gasteiger partial charge in [-0.2, -0.15) is 0 Å². The first-order valence-corrected chi connectivity index (χ1v) is 10.9. The minimum Gasteiger partial charge on any atom is -0.459 e. The first-order chi connectivity index (χ1) is 16.1. The summed E-state index contributed by atoms with van der Waals surface area (Å²) in [4.78, 5) is 32.1. The quantitative estimate of drug-likeness (QED) is 0.497. The topological polar surface area (TPSA) is 75.4 Å². The van der Waals surface area contributed by atoms with E-state index in [0.717, 1.165) is 10.9 Å². The van der Waals surface area contributed by atoms with Crippen LogP contribution in [-0.4, -0.2) is 40.8 Å². The van der Waals surface area contributed by atoms with Gasteiger partial charge < -0.3 is 14.6 Å². The van der Waals surface area contributed by atoms with Gasteiger partial charge >= 0.3 is 0 Å². The average Bonchev–Trinajstić information content (AvgIpc) is 3.39. The Labute approximate surface area is 190 Å². The second-order valence-corrected chi connectivity index (χ2v) is 8.10. The van der Waals surface area contributed by atoms with E-state index in [1.165, 1.54) is 18.4 Å². The van der Waals surface area contributed by atoms with E-state index >= 15 is 0 Å². The number of amides is 2.